The normalized spacial score (nSPS) is 16.0. The molecule has 0 saturated heterocycles. The van der Waals surface area contributed by atoms with E-state index in [0.29, 0.717) is 12.5 Å². The summed E-state index contributed by atoms with van der Waals surface area (Å²) in [6, 6.07) is 6.52. The number of aliphatic hydroxyl groups is 1. The Bertz CT molecular complexity index is 816. The van der Waals surface area contributed by atoms with Crippen LogP contribution in [0.3, 0.4) is 0 Å². The lowest BCUT2D eigenvalue weighted by atomic mass is 9.94. The Labute approximate surface area is 182 Å². The van der Waals surface area contributed by atoms with Crippen LogP contribution < -0.4 is 0 Å². The van der Waals surface area contributed by atoms with Crippen molar-refractivity contribution in [2.75, 3.05) is 6.61 Å². The molecule has 1 aromatic heterocycles. The maximum absolute atomic E-state index is 12.9. The van der Waals surface area contributed by atoms with Crippen LogP contribution in [0.4, 0.5) is 0 Å². The van der Waals surface area contributed by atoms with Crippen LogP contribution in [0.5, 0.6) is 0 Å². The van der Waals surface area contributed by atoms with E-state index in [9.17, 15) is 9.90 Å². The summed E-state index contributed by atoms with van der Waals surface area (Å²) in [7, 11) is 0. The number of fused-ring (bicyclic) bond motifs is 1. The molecule has 0 radical (unpaired) electrons. The number of Topliss-reactive ketones (excluding diaryl/α,β-unsaturated/α-hetero) is 1. The highest BCUT2D eigenvalue weighted by Crippen LogP contribution is 2.32. The molecule has 30 heavy (non-hydrogen) atoms. The molecule has 0 bridgehead atoms. The third kappa shape index (κ3) is 5.32. The second-order valence-corrected chi connectivity index (χ2v) is 9.24. The van der Waals surface area contributed by atoms with Crippen LogP contribution in [0, 0.1) is 11.8 Å². The number of hydrogen-bond acceptors (Lipinski definition) is 3. The van der Waals surface area contributed by atoms with Gasteiger partial charge in [-0.05, 0) is 49.3 Å². The Morgan fingerprint density at radius 2 is 1.93 bits per heavy atom. The van der Waals surface area contributed by atoms with E-state index < -0.39 is 0 Å². The van der Waals surface area contributed by atoms with Crippen molar-refractivity contribution in [2.45, 2.75) is 97.4 Å². The number of aliphatic hydroxyl groups excluding tert-OH is 1. The highest BCUT2D eigenvalue weighted by atomic mass is 16.3. The molecule has 1 aromatic carbocycles. The predicted octanol–water partition coefficient (Wildman–Crippen LogP) is 6.50. The van der Waals surface area contributed by atoms with Gasteiger partial charge in [0.1, 0.15) is 5.82 Å². The Morgan fingerprint density at radius 1 is 1.20 bits per heavy atom. The molecular formula is C26H40N2O2. The van der Waals surface area contributed by atoms with Crippen LogP contribution >= 0.6 is 0 Å². The molecule has 0 amide bonds. The zero-order valence-corrected chi connectivity index (χ0v) is 19.2. The molecule has 4 heteroatoms. The van der Waals surface area contributed by atoms with Crippen LogP contribution in [0.1, 0.15) is 107 Å². The van der Waals surface area contributed by atoms with Crippen molar-refractivity contribution < 1.29 is 9.90 Å². The molecule has 1 N–H and O–H groups in total. The quantitative estimate of drug-likeness (QED) is 0.405. The van der Waals surface area contributed by atoms with E-state index >= 15 is 0 Å². The molecule has 0 aliphatic heterocycles. The monoisotopic (exact) mass is 412 g/mol. The van der Waals surface area contributed by atoms with Gasteiger partial charge in [0, 0.05) is 31.1 Å². The predicted molar refractivity (Wildman–Crippen MR) is 124 cm³/mol. The summed E-state index contributed by atoms with van der Waals surface area (Å²) in [5, 5.41) is 9.64. The van der Waals surface area contributed by atoms with Gasteiger partial charge in [0.15, 0.2) is 5.78 Å². The summed E-state index contributed by atoms with van der Waals surface area (Å²) >= 11 is 0. The van der Waals surface area contributed by atoms with E-state index in [1.54, 1.807) is 0 Å². The van der Waals surface area contributed by atoms with Gasteiger partial charge in [-0.25, -0.2) is 4.98 Å². The average molecular weight is 413 g/mol. The van der Waals surface area contributed by atoms with Gasteiger partial charge in [0.2, 0.25) is 0 Å². The van der Waals surface area contributed by atoms with E-state index in [2.05, 4.69) is 31.4 Å². The number of rotatable bonds is 12. The molecule has 1 atom stereocenters. The van der Waals surface area contributed by atoms with Crippen molar-refractivity contribution in [1.29, 1.82) is 0 Å². The van der Waals surface area contributed by atoms with E-state index in [1.807, 2.05) is 12.1 Å². The van der Waals surface area contributed by atoms with E-state index in [1.165, 1.54) is 31.5 Å². The molecule has 1 aliphatic rings. The van der Waals surface area contributed by atoms with Crippen molar-refractivity contribution in [1.82, 2.24) is 9.55 Å². The summed E-state index contributed by atoms with van der Waals surface area (Å²) in [6.07, 6.45) is 12.0. The summed E-state index contributed by atoms with van der Waals surface area (Å²) in [5.74, 6) is 2.14. The molecular weight excluding hydrogens is 372 g/mol. The van der Waals surface area contributed by atoms with Crippen molar-refractivity contribution in [3.63, 3.8) is 0 Å². The van der Waals surface area contributed by atoms with E-state index in [-0.39, 0.29) is 18.3 Å². The van der Waals surface area contributed by atoms with Crippen LogP contribution in [-0.4, -0.2) is 27.0 Å². The van der Waals surface area contributed by atoms with Gasteiger partial charge in [-0.2, -0.15) is 0 Å². The SMILES string of the molecule is CCCC[C@H](CO)CC(=O)c1ccc2c(c1)nc(CC1CCCC1)n2C(CC)CC. The fourth-order valence-corrected chi connectivity index (χ4v) is 5.13. The van der Waals surface area contributed by atoms with Gasteiger partial charge >= 0.3 is 0 Å². The minimum Gasteiger partial charge on any atom is -0.396 e. The summed E-state index contributed by atoms with van der Waals surface area (Å²) in [4.78, 5) is 17.9. The third-order valence-corrected chi connectivity index (χ3v) is 7.04. The highest BCUT2D eigenvalue weighted by molar-refractivity contribution is 5.99. The Hall–Kier alpha value is -1.68. The number of carbonyl (C=O) groups is 1. The number of aromatic nitrogens is 2. The minimum absolute atomic E-state index is 0.0631. The summed E-state index contributed by atoms with van der Waals surface area (Å²) < 4.78 is 2.46. The maximum atomic E-state index is 12.9. The zero-order chi connectivity index (χ0) is 21.5. The maximum Gasteiger partial charge on any atom is 0.163 e. The second kappa shape index (κ2) is 11.1. The number of benzene rings is 1. The fraction of sp³-hybridized carbons (Fsp3) is 0.692. The molecule has 1 aliphatic carbocycles. The number of carbonyl (C=O) groups excluding carboxylic acids is 1. The zero-order valence-electron chi connectivity index (χ0n) is 19.2. The lowest BCUT2D eigenvalue weighted by Gasteiger charge is -2.20. The Balaban J connectivity index is 1.88. The van der Waals surface area contributed by atoms with Gasteiger partial charge < -0.3 is 9.67 Å². The van der Waals surface area contributed by atoms with Gasteiger partial charge in [-0.3, -0.25) is 4.79 Å². The van der Waals surface area contributed by atoms with Crippen molar-refractivity contribution in [3.8, 4) is 0 Å². The number of ketones is 1. The fourth-order valence-electron chi connectivity index (χ4n) is 5.13. The van der Waals surface area contributed by atoms with Gasteiger partial charge in [0.05, 0.1) is 11.0 Å². The number of nitrogens with zero attached hydrogens (tertiary/aromatic N) is 2. The second-order valence-electron chi connectivity index (χ2n) is 9.24. The molecule has 1 fully saturated rings. The van der Waals surface area contributed by atoms with Crippen LogP contribution in [-0.2, 0) is 6.42 Å². The van der Waals surface area contributed by atoms with Crippen LogP contribution in [0.15, 0.2) is 18.2 Å². The molecule has 1 saturated carbocycles. The number of unbranched alkanes of at least 4 members (excludes halogenated alkanes) is 1. The van der Waals surface area contributed by atoms with Gasteiger partial charge in [-0.1, -0.05) is 59.3 Å². The Kier molecular flexibility index (Phi) is 8.50. The first kappa shape index (κ1) is 23.0. The lowest BCUT2D eigenvalue weighted by molar-refractivity contribution is 0.0930. The van der Waals surface area contributed by atoms with Gasteiger partial charge in [-0.15, -0.1) is 0 Å². The standard InChI is InChI=1S/C26H40N2O2/c1-4-7-10-20(18-29)15-25(30)21-13-14-24-23(17-21)27-26(16-19-11-8-9-12-19)28(24)22(5-2)6-3/h13-14,17,19-20,22,29H,4-12,15-16,18H2,1-3H3/t20-/m0/s1. The summed E-state index contributed by atoms with van der Waals surface area (Å²) in [6.45, 7) is 6.73. The molecule has 1 heterocycles. The first-order valence-electron chi connectivity index (χ1n) is 12.3. The topological polar surface area (TPSA) is 55.1 Å². The molecule has 2 aromatic rings. The largest absolute Gasteiger partial charge is 0.396 e. The van der Waals surface area contributed by atoms with Crippen molar-refractivity contribution in [3.05, 3.63) is 29.6 Å². The molecule has 166 valence electrons. The van der Waals surface area contributed by atoms with Gasteiger partial charge in [0.25, 0.3) is 0 Å². The lowest BCUT2D eigenvalue weighted by Crippen LogP contribution is -2.14. The molecule has 0 spiro atoms. The minimum atomic E-state index is 0.0631. The number of imidazole rings is 1. The molecule has 4 nitrogen and oxygen atoms in total. The molecule has 0 unspecified atom stereocenters. The summed E-state index contributed by atoms with van der Waals surface area (Å²) in [5.41, 5.74) is 2.85. The smallest absolute Gasteiger partial charge is 0.163 e. The molecule has 3 rings (SSSR count). The Morgan fingerprint density at radius 3 is 2.57 bits per heavy atom. The van der Waals surface area contributed by atoms with Crippen molar-refractivity contribution >= 4 is 16.8 Å². The van der Waals surface area contributed by atoms with Crippen molar-refractivity contribution in [2.24, 2.45) is 11.8 Å². The average Bonchev–Trinajstić information content (AvgIpc) is 3.39. The first-order valence-corrected chi connectivity index (χ1v) is 12.3. The van der Waals surface area contributed by atoms with E-state index in [4.69, 9.17) is 4.98 Å². The third-order valence-electron chi connectivity index (χ3n) is 7.04. The number of hydrogen-bond donors (Lipinski definition) is 1. The first-order chi connectivity index (χ1) is 14.6. The highest BCUT2D eigenvalue weighted by Gasteiger charge is 2.23. The van der Waals surface area contributed by atoms with E-state index in [0.717, 1.165) is 61.0 Å². The van der Waals surface area contributed by atoms with Crippen LogP contribution in [0.25, 0.3) is 11.0 Å². The van der Waals surface area contributed by atoms with Crippen LogP contribution in [0.2, 0.25) is 0 Å².